The maximum atomic E-state index is 12.3. The van der Waals surface area contributed by atoms with Gasteiger partial charge in [0, 0.05) is 25.2 Å². The highest BCUT2D eigenvalue weighted by atomic mass is 32.2. The van der Waals surface area contributed by atoms with Gasteiger partial charge in [-0.1, -0.05) is 25.1 Å². The van der Waals surface area contributed by atoms with Crippen molar-refractivity contribution in [3.8, 4) is 0 Å². The van der Waals surface area contributed by atoms with E-state index in [0.29, 0.717) is 24.3 Å². The van der Waals surface area contributed by atoms with Gasteiger partial charge in [-0.05, 0) is 38.3 Å². The number of rotatable bonds is 7. The van der Waals surface area contributed by atoms with E-state index in [1.165, 1.54) is 0 Å². The Bertz CT molecular complexity index is 626. The van der Waals surface area contributed by atoms with E-state index in [1.54, 1.807) is 30.3 Å². The van der Waals surface area contributed by atoms with E-state index < -0.39 is 10.0 Å². The zero-order chi connectivity index (χ0) is 17.6. The molecule has 2 N–H and O–H groups in total. The third-order valence-electron chi connectivity index (χ3n) is 4.35. The third-order valence-corrected chi connectivity index (χ3v) is 5.89. The molecule has 1 aliphatic heterocycles. The van der Waals surface area contributed by atoms with Crippen LogP contribution in [0.15, 0.2) is 35.2 Å². The van der Waals surface area contributed by atoms with Crippen molar-refractivity contribution < 1.29 is 13.2 Å². The molecule has 1 atom stereocenters. The average Bonchev–Trinajstić information content (AvgIpc) is 2.57. The van der Waals surface area contributed by atoms with Crippen molar-refractivity contribution in [3.63, 3.8) is 0 Å². The molecular formula is C17H27N3O3S. The van der Waals surface area contributed by atoms with Crippen LogP contribution in [0.4, 0.5) is 0 Å². The number of sulfonamides is 1. The van der Waals surface area contributed by atoms with Crippen LogP contribution in [0, 0.1) is 0 Å². The van der Waals surface area contributed by atoms with Crippen molar-refractivity contribution in [1.29, 1.82) is 0 Å². The summed E-state index contributed by atoms with van der Waals surface area (Å²) in [6.07, 6.45) is 2.33. The van der Waals surface area contributed by atoms with E-state index in [9.17, 15) is 13.2 Å². The number of piperidine rings is 1. The molecule has 7 heteroatoms. The van der Waals surface area contributed by atoms with Gasteiger partial charge in [0.1, 0.15) is 0 Å². The zero-order valence-electron chi connectivity index (χ0n) is 14.4. The molecule has 0 spiro atoms. The van der Waals surface area contributed by atoms with Crippen molar-refractivity contribution in [2.45, 2.75) is 50.1 Å². The van der Waals surface area contributed by atoms with Crippen LogP contribution in [0.1, 0.15) is 33.1 Å². The molecule has 134 valence electrons. The number of carbonyl (C=O) groups is 1. The first-order valence-corrected chi connectivity index (χ1v) is 9.98. The van der Waals surface area contributed by atoms with E-state index in [2.05, 4.69) is 14.9 Å². The van der Waals surface area contributed by atoms with E-state index in [-0.39, 0.29) is 18.0 Å². The second-order valence-electron chi connectivity index (χ2n) is 6.36. The molecule has 6 nitrogen and oxygen atoms in total. The summed E-state index contributed by atoms with van der Waals surface area (Å²) < 4.78 is 27.4. The number of nitrogens with zero attached hydrogens (tertiary/aromatic N) is 1. The van der Waals surface area contributed by atoms with Gasteiger partial charge in [-0.3, -0.25) is 9.69 Å². The van der Waals surface area contributed by atoms with Gasteiger partial charge in [0.2, 0.25) is 15.9 Å². The number of carbonyl (C=O) groups excluding carboxylic acids is 1. The van der Waals surface area contributed by atoms with Gasteiger partial charge in [-0.2, -0.15) is 0 Å². The maximum Gasteiger partial charge on any atom is 0.240 e. The Morgan fingerprint density at radius 2 is 1.88 bits per heavy atom. The van der Waals surface area contributed by atoms with Crippen LogP contribution in [-0.4, -0.2) is 50.9 Å². The second-order valence-corrected chi connectivity index (χ2v) is 8.08. The third kappa shape index (κ3) is 5.58. The van der Waals surface area contributed by atoms with E-state index in [0.717, 1.165) is 19.5 Å². The van der Waals surface area contributed by atoms with Crippen LogP contribution in [0.2, 0.25) is 0 Å². The number of hydrogen-bond donors (Lipinski definition) is 2. The maximum absolute atomic E-state index is 12.3. The van der Waals surface area contributed by atoms with Crippen LogP contribution in [0.5, 0.6) is 0 Å². The minimum Gasteiger partial charge on any atom is -0.353 e. The first-order valence-electron chi connectivity index (χ1n) is 8.50. The van der Waals surface area contributed by atoms with Gasteiger partial charge in [0.15, 0.2) is 0 Å². The smallest absolute Gasteiger partial charge is 0.240 e. The Labute approximate surface area is 144 Å². The summed E-state index contributed by atoms with van der Waals surface area (Å²) in [4.78, 5) is 14.3. The molecule has 2 rings (SSSR count). The summed E-state index contributed by atoms with van der Waals surface area (Å²) in [6, 6.07) is 8.52. The summed E-state index contributed by atoms with van der Waals surface area (Å²) in [5.41, 5.74) is 0. The van der Waals surface area contributed by atoms with Crippen LogP contribution in [-0.2, 0) is 14.8 Å². The molecular weight excluding hydrogens is 326 g/mol. The van der Waals surface area contributed by atoms with Crippen molar-refractivity contribution in [2.24, 2.45) is 0 Å². The highest BCUT2D eigenvalue weighted by molar-refractivity contribution is 7.89. The number of benzene rings is 1. The van der Waals surface area contributed by atoms with Crippen molar-refractivity contribution >= 4 is 15.9 Å². The molecule has 1 heterocycles. The molecule has 1 aromatic rings. The predicted molar refractivity (Wildman–Crippen MR) is 94.1 cm³/mol. The van der Waals surface area contributed by atoms with Crippen molar-refractivity contribution in [2.75, 3.05) is 19.6 Å². The fraction of sp³-hybridized carbons (Fsp3) is 0.588. The Balaban J connectivity index is 1.80. The molecule has 1 aromatic carbocycles. The Morgan fingerprint density at radius 1 is 1.25 bits per heavy atom. The quantitative estimate of drug-likeness (QED) is 0.775. The fourth-order valence-corrected chi connectivity index (χ4v) is 4.05. The molecule has 0 aliphatic carbocycles. The monoisotopic (exact) mass is 353 g/mol. The summed E-state index contributed by atoms with van der Waals surface area (Å²) in [5.74, 6) is 0.0349. The van der Waals surface area contributed by atoms with Gasteiger partial charge in [-0.15, -0.1) is 0 Å². The average molecular weight is 353 g/mol. The minimum atomic E-state index is -3.47. The molecule has 0 aromatic heterocycles. The molecule has 0 bridgehead atoms. The number of likely N-dealkylation sites (tertiary alicyclic amines) is 1. The lowest BCUT2D eigenvalue weighted by Gasteiger charge is -2.31. The SMILES string of the molecule is CC[C@H](C)NC(=O)CN1CCC(NS(=O)(=O)c2ccccc2)CC1. The first-order chi connectivity index (χ1) is 11.4. The Hall–Kier alpha value is -1.44. The molecule has 1 saturated heterocycles. The summed E-state index contributed by atoms with van der Waals surface area (Å²) in [5, 5.41) is 2.96. The Kier molecular flexibility index (Phi) is 6.77. The van der Waals surface area contributed by atoms with E-state index >= 15 is 0 Å². The van der Waals surface area contributed by atoms with E-state index in [1.807, 2.05) is 13.8 Å². The van der Waals surface area contributed by atoms with Gasteiger partial charge in [0.25, 0.3) is 0 Å². The molecule has 0 unspecified atom stereocenters. The highest BCUT2D eigenvalue weighted by Crippen LogP contribution is 2.14. The van der Waals surface area contributed by atoms with Crippen LogP contribution < -0.4 is 10.0 Å². The second kappa shape index (κ2) is 8.60. The zero-order valence-corrected chi connectivity index (χ0v) is 15.2. The van der Waals surface area contributed by atoms with Crippen molar-refractivity contribution in [3.05, 3.63) is 30.3 Å². The van der Waals surface area contributed by atoms with Crippen LogP contribution >= 0.6 is 0 Å². The number of nitrogens with one attached hydrogen (secondary N) is 2. The molecule has 0 radical (unpaired) electrons. The summed E-state index contributed by atoms with van der Waals surface area (Å²) in [7, 11) is -3.47. The predicted octanol–water partition coefficient (Wildman–Crippen LogP) is 1.34. The Morgan fingerprint density at radius 3 is 2.46 bits per heavy atom. The van der Waals surface area contributed by atoms with Gasteiger partial charge in [0.05, 0.1) is 11.4 Å². The van der Waals surface area contributed by atoms with E-state index in [4.69, 9.17) is 0 Å². The molecule has 1 amide bonds. The lowest BCUT2D eigenvalue weighted by Crippen LogP contribution is -2.48. The van der Waals surface area contributed by atoms with Crippen molar-refractivity contribution in [1.82, 2.24) is 14.9 Å². The fourth-order valence-electron chi connectivity index (χ4n) is 2.72. The highest BCUT2D eigenvalue weighted by Gasteiger charge is 2.25. The summed E-state index contributed by atoms with van der Waals surface area (Å²) >= 11 is 0. The standard InChI is InChI=1S/C17H27N3O3S/c1-3-14(2)18-17(21)13-20-11-9-15(10-12-20)19-24(22,23)16-7-5-4-6-8-16/h4-8,14-15,19H,3,9-13H2,1-2H3,(H,18,21)/t14-/m0/s1. The van der Waals surface area contributed by atoms with Gasteiger partial charge < -0.3 is 5.32 Å². The first kappa shape index (κ1) is 18.9. The molecule has 1 aliphatic rings. The summed E-state index contributed by atoms with van der Waals surface area (Å²) in [6.45, 7) is 5.84. The largest absolute Gasteiger partial charge is 0.353 e. The lowest BCUT2D eigenvalue weighted by atomic mass is 10.1. The normalized spacial score (nSPS) is 18.2. The van der Waals surface area contributed by atoms with Gasteiger partial charge in [-0.25, -0.2) is 13.1 Å². The molecule has 24 heavy (non-hydrogen) atoms. The van der Waals surface area contributed by atoms with Gasteiger partial charge >= 0.3 is 0 Å². The number of hydrogen-bond acceptors (Lipinski definition) is 4. The minimum absolute atomic E-state index is 0.0349. The van der Waals surface area contributed by atoms with Crippen LogP contribution in [0.25, 0.3) is 0 Å². The topological polar surface area (TPSA) is 78.5 Å². The molecule has 0 saturated carbocycles. The van der Waals surface area contributed by atoms with Crippen LogP contribution in [0.3, 0.4) is 0 Å². The number of amides is 1. The lowest BCUT2D eigenvalue weighted by molar-refractivity contribution is -0.123. The molecule has 1 fully saturated rings.